The molecule has 0 spiro atoms. The van der Waals surface area contributed by atoms with Gasteiger partial charge in [0.2, 0.25) is 5.91 Å². The molecule has 102 valence electrons. The molecule has 0 aliphatic heterocycles. The second-order valence-corrected chi connectivity index (χ2v) is 5.61. The lowest BCUT2D eigenvalue weighted by Gasteiger charge is -2.04. The van der Waals surface area contributed by atoms with Crippen LogP contribution in [0.1, 0.15) is 5.56 Å². The van der Waals surface area contributed by atoms with Gasteiger partial charge in [-0.2, -0.15) is 0 Å². The van der Waals surface area contributed by atoms with Gasteiger partial charge in [-0.15, -0.1) is 0 Å². The Morgan fingerprint density at radius 1 is 1.05 bits per heavy atom. The highest BCUT2D eigenvalue weighted by Crippen LogP contribution is 2.25. The Hall–Kier alpha value is -1.29. The fourth-order valence-corrected chi connectivity index (χ4v) is 2.47. The molecule has 1 N–H and O–H groups in total. The Labute approximate surface area is 135 Å². The normalized spacial score (nSPS) is 10.8. The lowest BCUT2D eigenvalue weighted by molar-refractivity contribution is -0.111. The molecule has 0 saturated heterocycles. The molecule has 2 aromatic rings. The van der Waals surface area contributed by atoms with Gasteiger partial charge in [-0.1, -0.05) is 41.4 Å². The van der Waals surface area contributed by atoms with E-state index >= 15 is 0 Å². The van der Waals surface area contributed by atoms with Crippen LogP contribution < -0.4 is 5.32 Å². The summed E-state index contributed by atoms with van der Waals surface area (Å²) in [4.78, 5) is 11.9. The molecular formula is C15H10BrCl2NO. The largest absolute Gasteiger partial charge is 0.321 e. The third kappa shape index (κ3) is 3.85. The van der Waals surface area contributed by atoms with E-state index in [2.05, 4.69) is 21.2 Å². The first kappa shape index (κ1) is 15.1. The van der Waals surface area contributed by atoms with Gasteiger partial charge in [-0.25, -0.2) is 0 Å². The maximum absolute atomic E-state index is 11.9. The van der Waals surface area contributed by atoms with E-state index in [0.29, 0.717) is 21.3 Å². The van der Waals surface area contributed by atoms with Gasteiger partial charge in [0.25, 0.3) is 0 Å². The SMILES string of the molecule is O=C(/C=C/c1c(Cl)cccc1Cl)Nc1ccccc1Br. The minimum absolute atomic E-state index is 0.257. The van der Waals surface area contributed by atoms with Crippen molar-refractivity contribution in [2.45, 2.75) is 0 Å². The second-order valence-electron chi connectivity index (χ2n) is 3.94. The molecule has 0 aliphatic rings. The van der Waals surface area contributed by atoms with Gasteiger partial charge in [0.1, 0.15) is 0 Å². The average molecular weight is 371 g/mol. The standard InChI is InChI=1S/C15H10BrCl2NO/c16-11-4-1-2-7-14(11)19-15(20)9-8-10-12(17)5-3-6-13(10)18/h1-9H,(H,19,20)/b9-8+. The molecule has 0 atom stereocenters. The zero-order chi connectivity index (χ0) is 14.5. The molecule has 0 unspecified atom stereocenters. The van der Waals surface area contributed by atoms with Crippen LogP contribution in [0, 0.1) is 0 Å². The number of anilines is 1. The number of benzene rings is 2. The number of amides is 1. The number of nitrogens with one attached hydrogen (secondary N) is 1. The molecule has 0 saturated carbocycles. The summed E-state index contributed by atoms with van der Waals surface area (Å²) in [5, 5.41) is 3.77. The molecular weight excluding hydrogens is 361 g/mol. The van der Waals surface area contributed by atoms with Gasteiger partial charge in [0.05, 0.1) is 5.69 Å². The van der Waals surface area contributed by atoms with E-state index in [4.69, 9.17) is 23.2 Å². The van der Waals surface area contributed by atoms with E-state index in [1.807, 2.05) is 18.2 Å². The summed E-state index contributed by atoms with van der Waals surface area (Å²) in [6, 6.07) is 12.6. The van der Waals surface area contributed by atoms with Crippen molar-refractivity contribution >= 4 is 56.8 Å². The summed E-state index contributed by atoms with van der Waals surface area (Å²) >= 11 is 15.4. The monoisotopic (exact) mass is 369 g/mol. The molecule has 0 aliphatic carbocycles. The maximum Gasteiger partial charge on any atom is 0.248 e. The van der Waals surface area contributed by atoms with Gasteiger partial charge in [-0.3, -0.25) is 4.79 Å². The quantitative estimate of drug-likeness (QED) is 0.719. The van der Waals surface area contributed by atoms with Crippen LogP contribution in [-0.2, 0) is 4.79 Å². The first-order valence-corrected chi connectivity index (χ1v) is 7.30. The van der Waals surface area contributed by atoms with Gasteiger partial charge < -0.3 is 5.32 Å². The van der Waals surface area contributed by atoms with Crippen LogP contribution >= 0.6 is 39.1 Å². The lowest BCUT2D eigenvalue weighted by atomic mass is 10.2. The van der Waals surface area contributed by atoms with Crippen LogP contribution in [0.25, 0.3) is 6.08 Å². The summed E-state index contributed by atoms with van der Waals surface area (Å²) in [5.41, 5.74) is 1.32. The molecule has 2 rings (SSSR count). The number of carbonyl (C=O) groups is 1. The highest BCUT2D eigenvalue weighted by Gasteiger charge is 2.04. The summed E-state index contributed by atoms with van der Waals surface area (Å²) in [7, 11) is 0. The molecule has 0 bridgehead atoms. The molecule has 0 aromatic heterocycles. The lowest BCUT2D eigenvalue weighted by Crippen LogP contribution is -2.08. The molecule has 2 nitrogen and oxygen atoms in total. The van der Waals surface area contributed by atoms with Gasteiger partial charge in [0, 0.05) is 26.2 Å². The van der Waals surface area contributed by atoms with Crippen molar-refractivity contribution in [3.63, 3.8) is 0 Å². The minimum Gasteiger partial charge on any atom is -0.321 e. The van der Waals surface area contributed by atoms with Crippen LogP contribution in [0.15, 0.2) is 53.0 Å². The Kier molecular flexibility index (Phi) is 5.24. The predicted molar refractivity (Wildman–Crippen MR) is 88.3 cm³/mol. The van der Waals surface area contributed by atoms with E-state index in [1.54, 1.807) is 30.3 Å². The minimum atomic E-state index is -0.257. The number of hydrogen-bond acceptors (Lipinski definition) is 1. The van der Waals surface area contributed by atoms with Crippen LogP contribution in [0.4, 0.5) is 5.69 Å². The topological polar surface area (TPSA) is 29.1 Å². The Morgan fingerprint density at radius 2 is 1.70 bits per heavy atom. The van der Waals surface area contributed by atoms with Crippen molar-refractivity contribution < 1.29 is 4.79 Å². The van der Waals surface area contributed by atoms with E-state index in [0.717, 1.165) is 4.47 Å². The van der Waals surface area contributed by atoms with Crippen molar-refractivity contribution in [1.82, 2.24) is 0 Å². The first-order chi connectivity index (χ1) is 9.58. The Bertz CT molecular complexity index is 650. The molecule has 5 heteroatoms. The second kappa shape index (κ2) is 6.93. The zero-order valence-electron chi connectivity index (χ0n) is 10.2. The number of halogens is 3. The van der Waals surface area contributed by atoms with Crippen molar-refractivity contribution in [3.8, 4) is 0 Å². The molecule has 2 aromatic carbocycles. The van der Waals surface area contributed by atoms with Crippen LogP contribution in [0.3, 0.4) is 0 Å². The molecule has 0 heterocycles. The van der Waals surface area contributed by atoms with Crippen molar-refractivity contribution in [2.24, 2.45) is 0 Å². The highest BCUT2D eigenvalue weighted by atomic mass is 79.9. The average Bonchev–Trinajstić information content (AvgIpc) is 2.41. The smallest absolute Gasteiger partial charge is 0.248 e. The predicted octanol–water partition coefficient (Wildman–Crippen LogP) is 5.41. The Balaban J connectivity index is 2.12. The summed E-state index contributed by atoms with van der Waals surface area (Å²) in [6.07, 6.45) is 2.99. The van der Waals surface area contributed by atoms with E-state index in [1.165, 1.54) is 6.08 Å². The number of rotatable bonds is 3. The van der Waals surface area contributed by atoms with E-state index < -0.39 is 0 Å². The van der Waals surface area contributed by atoms with Crippen LogP contribution in [-0.4, -0.2) is 5.91 Å². The summed E-state index contributed by atoms with van der Waals surface area (Å²) in [5.74, 6) is -0.257. The van der Waals surface area contributed by atoms with Crippen molar-refractivity contribution in [3.05, 3.63) is 68.6 Å². The van der Waals surface area contributed by atoms with Gasteiger partial charge >= 0.3 is 0 Å². The van der Waals surface area contributed by atoms with E-state index in [9.17, 15) is 4.79 Å². The Morgan fingerprint density at radius 3 is 2.35 bits per heavy atom. The van der Waals surface area contributed by atoms with E-state index in [-0.39, 0.29) is 5.91 Å². The summed E-state index contributed by atoms with van der Waals surface area (Å²) < 4.78 is 0.817. The fourth-order valence-electron chi connectivity index (χ4n) is 1.57. The summed E-state index contributed by atoms with van der Waals surface area (Å²) in [6.45, 7) is 0. The third-order valence-corrected chi connectivity index (χ3v) is 3.88. The van der Waals surface area contributed by atoms with Crippen molar-refractivity contribution in [2.75, 3.05) is 5.32 Å². The first-order valence-electron chi connectivity index (χ1n) is 5.75. The number of hydrogen-bond donors (Lipinski definition) is 1. The molecule has 20 heavy (non-hydrogen) atoms. The fraction of sp³-hybridized carbons (Fsp3) is 0. The van der Waals surface area contributed by atoms with Crippen LogP contribution in [0.5, 0.6) is 0 Å². The van der Waals surface area contributed by atoms with Gasteiger partial charge in [0.15, 0.2) is 0 Å². The number of para-hydroxylation sites is 1. The zero-order valence-corrected chi connectivity index (χ0v) is 13.3. The maximum atomic E-state index is 11.9. The molecule has 0 fully saturated rings. The van der Waals surface area contributed by atoms with Gasteiger partial charge in [-0.05, 0) is 46.3 Å². The highest BCUT2D eigenvalue weighted by molar-refractivity contribution is 9.10. The molecule has 0 radical (unpaired) electrons. The third-order valence-electron chi connectivity index (χ3n) is 2.53. The number of carbonyl (C=O) groups excluding carboxylic acids is 1. The van der Waals surface area contributed by atoms with Crippen LogP contribution in [0.2, 0.25) is 10.0 Å². The molecule has 1 amide bonds. The van der Waals surface area contributed by atoms with Crippen molar-refractivity contribution in [1.29, 1.82) is 0 Å².